The predicted octanol–water partition coefficient (Wildman–Crippen LogP) is 0.627. The molecule has 0 bridgehead atoms. The van der Waals surface area contributed by atoms with Crippen LogP contribution < -0.4 is 11.1 Å². The number of rotatable bonds is 4. The van der Waals surface area contributed by atoms with Gasteiger partial charge < -0.3 is 11.1 Å². The van der Waals surface area contributed by atoms with Crippen LogP contribution in [0.1, 0.15) is 6.42 Å². The van der Waals surface area contributed by atoms with E-state index in [2.05, 4.69) is 15.3 Å². The molecule has 0 radical (unpaired) electrons. The average Bonchev–Trinajstić information content (AvgIpc) is 2.65. The maximum absolute atomic E-state index is 11.3. The third-order valence-corrected chi connectivity index (χ3v) is 5.19. The molecule has 1 fully saturated rings. The minimum atomic E-state index is -2.82. The fourth-order valence-electron chi connectivity index (χ4n) is 1.91. The number of hydrogen-bond acceptors (Lipinski definition) is 7. The van der Waals surface area contributed by atoms with E-state index in [9.17, 15) is 8.42 Å². The molecule has 1 aromatic rings. The van der Waals surface area contributed by atoms with Crippen LogP contribution in [0.25, 0.3) is 0 Å². The minimum Gasteiger partial charge on any atom is -0.383 e. The predicted molar refractivity (Wildman–Crippen MR) is 73.5 cm³/mol. The summed E-state index contributed by atoms with van der Waals surface area (Å²) in [6.45, 7) is 0.601. The maximum Gasteiger partial charge on any atom is 0.191 e. The van der Waals surface area contributed by atoms with E-state index in [0.717, 1.165) is 0 Å². The standard InChI is InChI=1S/C10H16N4O2S2/c1-17-10-13-8(11)4-9(14-10)12-5-7-2-3-18(15,16)6-7/h4,7H,2-3,5-6H2,1H3,(H3,11,12,13,14). The Morgan fingerprint density at radius 3 is 2.94 bits per heavy atom. The van der Waals surface area contributed by atoms with Crippen LogP contribution in [0, 0.1) is 5.92 Å². The van der Waals surface area contributed by atoms with Gasteiger partial charge in [0, 0.05) is 12.6 Å². The zero-order valence-corrected chi connectivity index (χ0v) is 11.7. The number of thioether (sulfide) groups is 1. The average molecular weight is 288 g/mol. The van der Waals surface area contributed by atoms with Gasteiger partial charge in [-0.15, -0.1) is 0 Å². The highest BCUT2D eigenvalue weighted by Crippen LogP contribution is 2.20. The van der Waals surface area contributed by atoms with Crippen molar-refractivity contribution in [3.63, 3.8) is 0 Å². The van der Waals surface area contributed by atoms with E-state index in [1.54, 1.807) is 6.07 Å². The molecule has 1 unspecified atom stereocenters. The second-order valence-corrected chi connectivity index (χ2v) is 7.32. The smallest absolute Gasteiger partial charge is 0.191 e. The number of anilines is 2. The molecule has 0 spiro atoms. The Kier molecular flexibility index (Phi) is 3.96. The zero-order valence-electron chi connectivity index (χ0n) is 10.1. The Bertz CT molecular complexity index is 533. The van der Waals surface area contributed by atoms with Gasteiger partial charge in [-0.25, -0.2) is 18.4 Å². The van der Waals surface area contributed by atoms with E-state index >= 15 is 0 Å². The van der Waals surface area contributed by atoms with Gasteiger partial charge in [0.05, 0.1) is 11.5 Å². The molecule has 100 valence electrons. The molecule has 0 aromatic carbocycles. The molecule has 1 aliphatic rings. The minimum absolute atomic E-state index is 0.156. The lowest BCUT2D eigenvalue weighted by atomic mass is 10.1. The molecule has 1 aromatic heterocycles. The zero-order chi connectivity index (χ0) is 13.2. The summed E-state index contributed by atoms with van der Waals surface area (Å²) in [6, 6.07) is 1.66. The van der Waals surface area contributed by atoms with Crippen molar-refractivity contribution < 1.29 is 8.42 Å². The second-order valence-electron chi connectivity index (χ2n) is 4.31. The molecule has 0 aliphatic carbocycles. The molecule has 6 nitrogen and oxygen atoms in total. The highest BCUT2D eigenvalue weighted by atomic mass is 32.2. The number of nitrogens with two attached hydrogens (primary N) is 1. The van der Waals surface area contributed by atoms with Crippen molar-refractivity contribution in [1.82, 2.24) is 9.97 Å². The van der Waals surface area contributed by atoms with Gasteiger partial charge in [0.25, 0.3) is 0 Å². The van der Waals surface area contributed by atoms with E-state index in [-0.39, 0.29) is 11.7 Å². The Balaban J connectivity index is 1.96. The normalized spacial score (nSPS) is 21.9. The van der Waals surface area contributed by atoms with Crippen LogP contribution in [0.2, 0.25) is 0 Å². The highest BCUT2D eigenvalue weighted by molar-refractivity contribution is 7.98. The first-order chi connectivity index (χ1) is 8.48. The van der Waals surface area contributed by atoms with Crippen LogP contribution in [-0.2, 0) is 9.84 Å². The van der Waals surface area contributed by atoms with Crippen LogP contribution in [-0.4, -0.2) is 42.7 Å². The molecule has 3 N–H and O–H groups in total. The topological polar surface area (TPSA) is 98.0 Å². The number of hydrogen-bond donors (Lipinski definition) is 2. The Labute approximate surface area is 111 Å². The van der Waals surface area contributed by atoms with Gasteiger partial charge in [0.2, 0.25) is 0 Å². The lowest BCUT2D eigenvalue weighted by Gasteiger charge is -2.11. The number of nitrogens with one attached hydrogen (secondary N) is 1. The van der Waals surface area contributed by atoms with Crippen molar-refractivity contribution in [3.8, 4) is 0 Å². The number of nitrogens with zero attached hydrogens (tertiary/aromatic N) is 2. The lowest BCUT2D eigenvalue weighted by molar-refractivity contribution is 0.595. The van der Waals surface area contributed by atoms with Gasteiger partial charge in [-0.3, -0.25) is 0 Å². The Hall–Kier alpha value is -1.02. The van der Waals surface area contributed by atoms with Gasteiger partial charge in [0.15, 0.2) is 15.0 Å². The molecule has 1 saturated heterocycles. The second kappa shape index (κ2) is 5.31. The summed E-state index contributed by atoms with van der Waals surface area (Å²) < 4.78 is 22.7. The van der Waals surface area contributed by atoms with Gasteiger partial charge in [-0.05, 0) is 18.6 Å². The third kappa shape index (κ3) is 3.49. The summed E-state index contributed by atoms with van der Waals surface area (Å²) in [4.78, 5) is 8.31. The van der Waals surface area contributed by atoms with Crippen molar-refractivity contribution in [3.05, 3.63) is 6.07 Å². The van der Waals surface area contributed by atoms with Crippen LogP contribution in [0.3, 0.4) is 0 Å². The van der Waals surface area contributed by atoms with Crippen LogP contribution in [0.15, 0.2) is 11.2 Å². The van der Waals surface area contributed by atoms with Crippen LogP contribution >= 0.6 is 11.8 Å². The summed E-state index contributed by atoms with van der Waals surface area (Å²) >= 11 is 1.42. The number of aromatic nitrogens is 2. The molecular weight excluding hydrogens is 272 g/mol. The molecule has 8 heteroatoms. The summed E-state index contributed by atoms with van der Waals surface area (Å²) in [5.74, 6) is 1.77. The molecule has 0 saturated carbocycles. The molecular formula is C10H16N4O2S2. The number of nitrogen functional groups attached to an aromatic ring is 1. The van der Waals surface area contributed by atoms with Gasteiger partial charge >= 0.3 is 0 Å². The molecule has 2 heterocycles. The molecule has 2 rings (SSSR count). The van der Waals surface area contributed by atoms with E-state index in [1.807, 2.05) is 6.26 Å². The van der Waals surface area contributed by atoms with Crippen molar-refractivity contribution in [2.24, 2.45) is 5.92 Å². The quantitative estimate of drug-likeness (QED) is 0.619. The maximum atomic E-state index is 11.3. The van der Waals surface area contributed by atoms with Crippen molar-refractivity contribution in [2.75, 3.05) is 35.4 Å². The van der Waals surface area contributed by atoms with E-state index in [1.165, 1.54) is 11.8 Å². The monoisotopic (exact) mass is 288 g/mol. The largest absolute Gasteiger partial charge is 0.383 e. The summed E-state index contributed by atoms with van der Waals surface area (Å²) in [7, 11) is -2.82. The van der Waals surface area contributed by atoms with Crippen molar-refractivity contribution >= 4 is 33.2 Å². The summed E-state index contributed by atoms with van der Waals surface area (Å²) in [5, 5.41) is 3.74. The lowest BCUT2D eigenvalue weighted by Crippen LogP contribution is -2.16. The fraction of sp³-hybridized carbons (Fsp3) is 0.600. The first-order valence-electron chi connectivity index (χ1n) is 5.61. The van der Waals surface area contributed by atoms with E-state index in [4.69, 9.17) is 5.73 Å². The summed E-state index contributed by atoms with van der Waals surface area (Å²) in [6.07, 6.45) is 2.59. The van der Waals surface area contributed by atoms with E-state index < -0.39 is 9.84 Å². The molecule has 1 aliphatic heterocycles. The van der Waals surface area contributed by atoms with Crippen LogP contribution in [0.5, 0.6) is 0 Å². The van der Waals surface area contributed by atoms with E-state index in [0.29, 0.717) is 35.5 Å². The summed E-state index contributed by atoms with van der Waals surface area (Å²) in [5.41, 5.74) is 5.66. The first-order valence-corrected chi connectivity index (χ1v) is 8.66. The SMILES string of the molecule is CSc1nc(N)cc(NCC2CCS(=O)(=O)C2)n1. The van der Waals surface area contributed by atoms with Crippen molar-refractivity contribution in [2.45, 2.75) is 11.6 Å². The Morgan fingerprint density at radius 1 is 1.56 bits per heavy atom. The van der Waals surface area contributed by atoms with Gasteiger partial charge in [-0.1, -0.05) is 11.8 Å². The number of sulfone groups is 1. The Morgan fingerprint density at radius 2 is 2.33 bits per heavy atom. The van der Waals surface area contributed by atoms with Gasteiger partial charge in [0.1, 0.15) is 11.6 Å². The fourth-order valence-corrected chi connectivity index (χ4v) is 4.16. The van der Waals surface area contributed by atoms with Crippen LogP contribution in [0.4, 0.5) is 11.6 Å². The van der Waals surface area contributed by atoms with Gasteiger partial charge in [-0.2, -0.15) is 0 Å². The molecule has 0 amide bonds. The third-order valence-electron chi connectivity index (χ3n) is 2.81. The van der Waals surface area contributed by atoms with Crippen molar-refractivity contribution in [1.29, 1.82) is 0 Å². The molecule has 18 heavy (non-hydrogen) atoms. The molecule has 1 atom stereocenters. The highest BCUT2D eigenvalue weighted by Gasteiger charge is 2.27. The first kappa shape index (κ1) is 13.4.